The van der Waals surface area contributed by atoms with E-state index in [2.05, 4.69) is 57.2 Å². The maximum absolute atomic E-state index is 2.82. The SMILES string of the molecule is CC1(C)CCC(C)(CCC2(C)CCC3(CCCC(C4CCCC5C[C@@](C)(I)CC54)C3)CC2)CC1. The summed E-state index contributed by atoms with van der Waals surface area (Å²) in [5.41, 5.74) is 2.61. The molecule has 4 unspecified atom stereocenters. The van der Waals surface area contributed by atoms with E-state index in [0.717, 1.165) is 29.1 Å². The van der Waals surface area contributed by atoms with E-state index >= 15 is 0 Å². The van der Waals surface area contributed by atoms with Crippen LogP contribution in [0.2, 0.25) is 0 Å². The number of halogens is 1. The van der Waals surface area contributed by atoms with Gasteiger partial charge in [-0.2, -0.15) is 0 Å². The molecule has 5 atom stereocenters. The highest BCUT2D eigenvalue weighted by Crippen LogP contribution is 2.61. The van der Waals surface area contributed by atoms with E-state index in [1.807, 2.05) is 0 Å². The van der Waals surface area contributed by atoms with Crippen molar-refractivity contribution in [1.29, 1.82) is 0 Å². The maximum Gasteiger partial charge on any atom is 0.0199 e. The second kappa shape index (κ2) is 9.48. The van der Waals surface area contributed by atoms with E-state index in [1.54, 1.807) is 51.4 Å². The molecule has 5 fully saturated rings. The third-order valence-corrected chi connectivity index (χ3v) is 13.7. The lowest BCUT2D eigenvalue weighted by Crippen LogP contribution is -2.41. The largest absolute Gasteiger partial charge is 0.0792 e. The van der Waals surface area contributed by atoms with E-state index in [0.29, 0.717) is 19.7 Å². The topological polar surface area (TPSA) is 0 Å². The van der Waals surface area contributed by atoms with Crippen LogP contribution in [0.15, 0.2) is 0 Å². The molecule has 0 amide bonds. The first kappa shape index (κ1) is 26.3. The highest BCUT2D eigenvalue weighted by atomic mass is 127. The molecule has 0 aromatic heterocycles. The zero-order chi connectivity index (χ0) is 24.2. The lowest BCUT2D eigenvalue weighted by Gasteiger charge is -2.52. The quantitative estimate of drug-likeness (QED) is 0.229. The van der Waals surface area contributed by atoms with Crippen LogP contribution < -0.4 is 0 Å². The van der Waals surface area contributed by atoms with E-state index < -0.39 is 0 Å². The maximum atomic E-state index is 2.82. The molecule has 0 radical (unpaired) electrons. The van der Waals surface area contributed by atoms with Gasteiger partial charge in [-0.15, -0.1) is 0 Å². The molecule has 1 heteroatoms. The average molecular weight is 581 g/mol. The van der Waals surface area contributed by atoms with Crippen molar-refractivity contribution in [3.63, 3.8) is 0 Å². The second-order valence-corrected chi connectivity index (χ2v) is 19.1. The highest BCUT2D eigenvalue weighted by molar-refractivity contribution is 14.1. The Kier molecular flexibility index (Phi) is 7.35. The summed E-state index contributed by atoms with van der Waals surface area (Å²) in [6, 6.07) is 0. The van der Waals surface area contributed by atoms with Crippen molar-refractivity contribution in [1.82, 2.24) is 0 Å². The Morgan fingerprint density at radius 1 is 0.559 bits per heavy atom. The van der Waals surface area contributed by atoms with Crippen LogP contribution in [0.5, 0.6) is 0 Å². The van der Waals surface area contributed by atoms with E-state index in [-0.39, 0.29) is 0 Å². The van der Waals surface area contributed by atoms with Crippen LogP contribution in [0, 0.1) is 45.3 Å². The number of fused-ring (bicyclic) bond motifs is 1. The normalized spacial score (nSPS) is 45.7. The van der Waals surface area contributed by atoms with Gasteiger partial charge in [0.2, 0.25) is 0 Å². The minimum Gasteiger partial charge on any atom is -0.0792 e. The summed E-state index contributed by atoms with van der Waals surface area (Å²) in [5.74, 6) is 4.29. The van der Waals surface area contributed by atoms with Gasteiger partial charge >= 0.3 is 0 Å². The molecule has 196 valence electrons. The first-order chi connectivity index (χ1) is 15.9. The number of hydrogen-bond donors (Lipinski definition) is 0. The first-order valence-electron chi connectivity index (χ1n) is 15.6. The summed E-state index contributed by atoms with van der Waals surface area (Å²) in [6.45, 7) is 12.9. The van der Waals surface area contributed by atoms with Gasteiger partial charge in [0.05, 0.1) is 0 Å². The minimum atomic E-state index is 0.597. The van der Waals surface area contributed by atoms with Gasteiger partial charge in [-0.05, 0) is 142 Å². The highest BCUT2D eigenvalue weighted by Gasteiger charge is 2.50. The summed E-state index contributed by atoms with van der Waals surface area (Å²) < 4.78 is 0.597. The van der Waals surface area contributed by atoms with Crippen molar-refractivity contribution in [2.45, 2.75) is 160 Å². The molecular formula is C33H57I. The Morgan fingerprint density at radius 3 is 1.76 bits per heavy atom. The smallest absolute Gasteiger partial charge is 0.0199 e. The lowest BCUT2D eigenvalue weighted by molar-refractivity contribution is -0.00936. The van der Waals surface area contributed by atoms with Crippen molar-refractivity contribution in [2.24, 2.45) is 45.3 Å². The fourth-order valence-corrected chi connectivity index (χ4v) is 11.1. The van der Waals surface area contributed by atoms with Crippen molar-refractivity contribution in [3.8, 4) is 0 Å². The van der Waals surface area contributed by atoms with Crippen LogP contribution in [0.25, 0.3) is 0 Å². The van der Waals surface area contributed by atoms with Crippen molar-refractivity contribution in [2.75, 3.05) is 0 Å². The van der Waals surface area contributed by atoms with Crippen molar-refractivity contribution < 1.29 is 0 Å². The molecule has 5 rings (SSSR count). The Labute approximate surface area is 227 Å². The van der Waals surface area contributed by atoms with Gasteiger partial charge in [-0.25, -0.2) is 0 Å². The van der Waals surface area contributed by atoms with Gasteiger partial charge in [0.1, 0.15) is 0 Å². The number of hydrogen-bond acceptors (Lipinski definition) is 0. The van der Waals surface area contributed by atoms with Gasteiger partial charge in [0.25, 0.3) is 0 Å². The molecule has 34 heavy (non-hydrogen) atoms. The summed E-state index contributed by atoms with van der Waals surface area (Å²) >= 11 is 2.82. The Morgan fingerprint density at radius 2 is 1.12 bits per heavy atom. The lowest BCUT2D eigenvalue weighted by atomic mass is 9.53. The molecule has 0 aliphatic heterocycles. The van der Waals surface area contributed by atoms with Crippen LogP contribution in [-0.2, 0) is 0 Å². The van der Waals surface area contributed by atoms with Crippen molar-refractivity contribution in [3.05, 3.63) is 0 Å². The molecule has 5 saturated carbocycles. The minimum absolute atomic E-state index is 0.597. The van der Waals surface area contributed by atoms with Crippen LogP contribution in [0.1, 0.15) is 157 Å². The first-order valence-corrected chi connectivity index (χ1v) is 16.7. The van der Waals surface area contributed by atoms with Crippen LogP contribution in [0.4, 0.5) is 0 Å². The fourth-order valence-electron chi connectivity index (χ4n) is 10.0. The van der Waals surface area contributed by atoms with Gasteiger partial charge in [-0.3, -0.25) is 0 Å². The van der Waals surface area contributed by atoms with E-state index in [9.17, 15) is 0 Å². The molecule has 0 aromatic rings. The molecule has 0 heterocycles. The predicted molar refractivity (Wildman–Crippen MR) is 157 cm³/mol. The summed E-state index contributed by atoms with van der Waals surface area (Å²) in [4.78, 5) is 0. The van der Waals surface area contributed by atoms with Crippen LogP contribution in [-0.4, -0.2) is 3.42 Å². The monoisotopic (exact) mass is 580 g/mol. The zero-order valence-corrected chi connectivity index (χ0v) is 25.8. The van der Waals surface area contributed by atoms with Gasteiger partial charge < -0.3 is 0 Å². The Balaban J connectivity index is 1.16. The molecule has 0 saturated heterocycles. The molecule has 0 aromatic carbocycles. The fraction of sp³-hybridized carbons (Fsp3) is 1.00. The van der Waals surface area contributed by atoms with Gasteiger partial charge in [0, 0.05) is 3.42 Å². The van der Waals surface area contributed by atoms with Crippen LogP contribution in [0.3, 0.4) is 0 Å². The molecule has 0 nitrogen and oxygen atoms in total. The molecule has 0 bridgehead atoms. The average Bonchev–Trinajstić information content (AvgIpc) is 3.11. The zero-order valence-electron chi connectivity index (χ0n) is 23.6. The Hall–Kier alpha value is 0.730. The standard InChI is InChI=1S/C33H57I/c1-29(2)12-14-30(3,15-13-29)16-17-31(4)18-20-33(21-19-31)11-7-9-26(23-33)27-10-6-8-25-22-32(5,34)24-28(25)27/h25-28H,6-24H2,1-5H3/t25?,26?,27?,28?,31?,32-,33?/m1/s1. The number of alkyl halides is 1. The summed E-state index contributed by atoms with van der Waals surface area (Å²) in [5, 5.41) is 0. The molecule has 5 aliphatic rings. The Bertz CT molecular complexity index is 698. The molecular weight excluding hydrogens is 523 g/mol. The van der Waals surface area contributed by atoms with Gasteiger partial charge in [0.15, 0.2) is 0 Å². The van der Waals surface area contributed by atoms with Crippen molar-refractivity contribution >= 4 is 22.6 Å². The molecule has 0 N–H and O–H groups in total. The predicted octanol–water partition coefficient (Wildman–Crippen LogP) is 11.1. The van der Waals surface area contributed by atoms with Gasteiger partial charge in [-0.1, -0.05) is 82.9 Å². The summed E-state index contributed by atoms with van der Waals surface area (Å²) in [6.07, 6.45) is 29.0. The summed E-state index contributed by atoms with van der Waals surface area (Å²) in [7, 11) is 0. The second-order valence-electron chi connectivity index (χ2n) is 16.5. The number of rotatable bonds is 4. The van der Waals surface area contributed by atoms with E-state index in [1.165, 1.54) is 70.6 Å². The van der Waals surface area contributed by atoms with E-state index in [4.69, 9.17) is 0 Å². The molecule has 1 spiro atoms. The third-order valence-electron chi connectivity index (χ3n) is 12.9. The third kappa shape index (κ3) is 5.75. The van der Waals surface area contributed by atoms with Crippen LogP contribution >= 0.6 is 22.6 Å². The molecule has 5 aliphatic carbocycles.